The third-order valence-electron chi connectivity index (χ3n) is 6.95. The fourth-order valence-electron chi connectivity index (χ4n) is 4.54. The number of hydrogen-bond acceptors (Lipinski definition) is 5. The van der Waals surface area contributed by atoms with E-state index in [1.54, 1.807) is 37.3 Å². The molecule has 41 heavy (non-hydrogen) atoms. The number of carbonyl (C=O) groups is 2. The van der Waals surface area contributed by atoms with Gasteiger partial charge >= 0.3 is 6.18 Å². The molecule has 1 aliphatic heterocycles. The van der Waals surface area contributed by atoms with Crippen molar-refractivity contribution >= 4 is 33.7 Å². The van der Waals surface area contributed by atoms with Crippen LogP contribution in [-0.2, 0) is 19.1 Å². The first kappa shape index (κ1) is 30.0. The van der Waals surface area contributed by atoms with Crippen LogP contribution in [0.25, 0.3) is 5.69 Å². The third kappa shape index (κ3) is 6.07. The van der Waals surface area contributed by atoms with Gasteiger partial charge in [0.1, 0.15) is 0 Å². The van der Waals surface area contributed by atoms with Gasteiger partial charge in [-0.2, -0.15) is 13.2 Å². The average Bonchev–Trinajstić information content (AvgIpc) is 2.92. The van der Waals surface area contributed by atoms with Crippen molar-refractivity contribution in [2.45, 2.75) is 51.5 Å². The van der Waals surface area contributed by atoms with Gasteiger partial charge in [-0.1, -0.05) is 22.0 Å². The largest absolute Gasteiger partial charge is 0.417 e. The standard InChI is InChI=1S/C29H29BrF3N5O3/c1-6-28(3,4)36-27-35-23-15-37(25(40)18-9-12-22(30)21(14-18)29(31,32)33)16(2)13-20(23)26(41)38(27)19-10-7-17(8-11-19)24(39)34-5/h6-12,14,16H,1,13,15H2,2-5H3,(H,34,39)(H,35,36)/t16-/m1/s1. The first-order valence-electron chi connectivity index (χ1n) is 12.7. The number of alkyl halides is 3. The van der Waals surface area contributed by atoms with Gasteiger partial charge in [0, 0.05) is 34.3 Å². The predicted octanol–water partition coefficient (Wildman–Crippen LogP) is 5.34. The number of carbonyl (C=O) groups excluding carboxylic acids is 2. The summed E-state index contributed by atoms with van der Waals surface area (Å²) in [6.45, 7) is 9.18. The summed E-state index contributed by atoms with van der Waals surface area (Å²) in [4.78, 5) is 45.5. The SMILES string of the molecule is C=CC(C)(C)Nc1nc2c(c(=O)n1-c1ccc(C(=O)NC)cc1)C[C@@H](C)N(C(=O)c1ccc(Br)c(C(F)(F)F)c1)C2. The lowest BCUT2D eigenvalue weighted by Gasteiger charge is -2.35. The summed E-state index contributed by atoms with van der Waals surface area (Å²) in [6, 6.07) is 9.33. The van der Waals surface area contributed by atoms with Crippen LogP contribution in [0, 0.1) is 0 Å². The van der Waals surface area contributed by atoms with Crippen molar-refractivity contribution < 1.29 is 22.8 Å². The Bertz CT molecular complexity index is 1580. The Balaban J connectivity index is 1.79. The zero-order valence-corrected chi connectivity index (χ0v) is 24.5. The molecule has 0 spiro atoms. The van der Waals surface area contributed by atoms with E-state index in [9.17, 15) is 27.6 Å². The molecule has 2 heterocycles. The zero-order chi connectivity index (χ0) is 30.3. The lowest BCUT2D eigenvalue weighted by Crippen LogP contribution is -2.46. The molecule has 216 valence electrons. The minimum absolute atomic E-state index is 0.0678. The molecule has 3 aromatic rings. The summed E-state index contributed by atoms with van der Waals surface area (Å²) >= 11 is 2.91. The lowest BCUT2D eigenvalue weighted by atomic mass is 9.98. The van der Waals surface area contributed by atoms with Crippen molar-refractivity contribution in [3.8, 4) is 5.69 Å². The van der Waals surface area contributed by atoms with Crippen molar-refractivity contribution in [3.63, 3.8) is 0 Å². The Hall–Kier alpha value is -3.93. The first-order valence-corrected chi connectivity index (χ1v) is 13.5. The number of hydrogen-bond donors (Lipinski definition) is 2. The topological polar surface area (TPSA) is 96.3 Å². The number of aromatic nitrogens is 2. The van der Waals surface area contributed by atoms with Crippen molar-refractivity contribution in [3.05, 3.63) is 97.9 Å². The number of nitrogens with one attached hydrogen (secondary N) is 2. The van der Waals surface area contributed by atoms with E-state index in [4.69, 9.17) is 4.98 Å². The van der Waals surface area contributed by atoms with Gasteiger partial charge < -0.3 is 15.5 Å². The Morgan fingerprint density at radius 1 is 1.12 bits per heavy atom. The highest BCUT2D eigenvalue weighted by atomic mass is 79.9. The summed E-state index contributed by atoms with van der Waals surface area (Å²) in [7, 11) is 1.52. The number of benzene rings is 2. The van der Waals surface area contributed by atoms with E-state index in [1.165, 1.54) is 28.6 Å². The average molecular weight is 632 g/mol. The van der Waals surface area contributed by atoms with E-state index in [1.807, 2.05) is 13.8 Å². The van der Waals surface area contributed by atoms with Crippen molar-refractivity contribution in [1.82, 2.24) is 19.8 Å². The first-order chi connectivity index (χ1) is 19.2. The molecule has 2 amide bonds. The fraction of sp³-hybridized carbons (Fsp3) is 0.310. The molecule has 0 bridgehead atoms. The highest BCUT2D eigenvalue weighted by molar-refractivity contribution is 9.10. The maximum atomic E-state index is 13.9. The van der Waals surface area contributed by atoms with Gasteiger partial charge in [0.15, 0.2) is 0 Å². The molecule has 0 radical (unpaired) electrons. The lowest BCUT2D eigenvalue weighted by molar-refractivity contribution is -0.138. The number of halogens is 4. The van der Waals surface area contributed by atoms with E-state index >= 15 is 0 Å². The van der Waals surface area contributed by atoms with Gasteiger partial charge in [-0.05, 0) is 69.7 Å². The number of fused-ring (bicyclic) bond motifs is 1. The van der Waals surface area contributed by atoms with E-state index in [-0.39, 0.29) is 40.4 Å². The van der Waals surface area contributed by atoms with Gasteiger partial charge in [-0.15, -0.1) is 6.58 Å². The van der Waals surface area contributed by atoms with Crippen LogP contribution in [0.5, 0.6) is 0 Å². The van der Waals surface area contributed by atoms with Crippen LogP contribution in [0.1, 0.15) is 58.3 Å². The molecular weight excluding hydrogens is 603 g/mol. The van der Waals surface area contributed by atoms with Crippen LogP contribution in [0.4, 0.5) is 19.1 Å². The van der Waals surface area contributed by atoms with Gasteiger partial charge in [-0.25, -0.2) is 9.55 Å². The van der Waals surface area contributed by atoms with Crippen LogP contribution < -0.4 is 16.2 Å². The van der Waals surface area contributed by atoms with E-state index in [2.05, 4.69) is 33.1 Å². The Labute approximate surface area is 243 Å². The summed E-state index contributed by atoms with van der Waals surface area (Å²) in [5.74, 6) is -0.681. The summed E-state index contributed by atoms with van der Waals surface area (Å²) in [6.07, 6.45) is -2.84. The number of nitrogens with zero attached hydrogens (tertiary/aromatic N) is 3. The molecule has 1 aromatic heterocycles. The minimum atomic E-state index is -4.64. The molecule has 2 aromatic carbocycles. The second-order valence-electron chi connectivity index (χ2n) is 10.4. The summed E-state index contributed by atoms with van der Waals surface area (Å²) in [5.41, 5.74) is -0.476. The Morgan fingerprint density at radius 3 is 2.34 bits per heavy atom. The molecule has 1 atom stereocenters. The smallest absolute Gasteiger partial charge is 0.355 e. The van der Waals surface area contributed by atoms with Gasteiger partial charge in [0.05, 0.1) is 29.0 Å². The normalized spacial score (nSPS) is 15.2. The van der Waals surface area contributed by atoms with Gasteiger partial charge in [-0.3, -0.25) is 14.4 Å². The van der Waals surface area contributed by atoms with Crippen LogP contribution in [0.3, 0.4) is 0 Å². The molecule has 2 N–H and O–H groups in total. The monoisotopic (exact) mass is 631 g/mol. The van der Waals surface area contributed by atoms with E-state index in [0.717, 1.165) is 6.07 Å². The Morgan fingerprint density at radius 2 is 1.76 bits per heavy atom. The molecule has 8 nitrogen and oxygen atoms in total. The maximum Gasteiger partial charge on any atom is 0.417 e. The van der Waals surface area contributed by atoms with Crippen molar-refractivity contribution in [2.24, 2.45) is 0 Å². The maximum absolute atomic E-state index is 13.9. The van der Waals surface area contributed by atoms with Crippen LogP contribution >= 0.6 is 15.9 Å². The molecule has 0 fully saturated rings. The van der Waals surface area contributed by atoms with Crippen LogP contribution in [0.15, 0.2) is 64.4 Å². The van der Waals surface area contributed by atoms with E-state index < -0.39 is 29.2 Å². The van der Waals surface area contributed by atoms with Crippen LogP contribution in [-0.4, -0.2) is 44.9 Å². The highest BCUT2D eigenvalue weighted by Crippen LogP contribution is 2.36. The molecule has 0 saturated carbocycles. The molecule has 12 heteroatoms. The predicted molar refractivity (Wildman–Crippen MR) is 153 cm³/mol. The molecule has 4 rings (SSSR count). The minimum Gasteiger partial charge on any atom is -0.355 e. The fourth-order valence-corrected chi connectivity index (χ4v) is 5.01. The van der Waals surface area contributed by atoms with Gasteiger partial charge in [0.25, 0.3) is 17.4 Å². The van der Waals surface area contributed by atoms with Crippen LogP contribution in [0.2, 0.25) is 0 Å². The number of anilines is 1. The van der Waals surface area contributed by atoms with Crippen molar-refractivity contribution in [1.29, 1.82) is 0 Å². The molecular formula is C29H29BrF3N5O3. The second-order valence-corrected chi connectivity index (χ2v) is 11.2. The summed E-state index contributed by atoms with van der Waals surface area (Å²) < 4.78 is 41.7. The number of amides is 2. The second kappa shape index (κ2) is 11.2. The van der Waals surface area contributed by atoms with E-state index in [0.29, 0.717) is 22.5 Å². The molecule has 1 aliphatic rings. The molecule has 0 saturated heterocycles. The Kier molecular flexibility index (Phi) is 8.17. The highest BCUT2D eigenvalue weighted by Gasteiger charge is 2.36. The number of rotatable bonds is 6. The molecule has 0 aliphatic carbocycles. The quantitative estimate of drug-likeness (QED) is 0.358. The van der Waals surface area contributed by atoms with Gasteiger partial charge in [0.2, 0.25) is 5.95 Å². The summed E-state index contributed by atoms with van der Waals surface area (Å²) in [5, 5.41) is 5.77. The third-order valence-corrected chi connectivity index (χ3v) is 7.64. The molecule has 0 unspecified atom stereocenters. The zero-order valence-electron chi connectivity index (χ0n) is 22.9. The van der Waals surface area contributed by atoms with Crippen molar-refractivity contribution in [2.75, 3.05) is 12.4 Å².